The smallest absolute Gasteiger partial charge is 0.0963 e. The van der Waals surface area contributed by atoms with Gasteiger partial charge >= 0.3 is 0 Å². The summed E-state index contributed by atoms with van der Waals surface area (Å²) >= 11 is 0. The van der Waals surface area contributed by atoms with Crippen LogP contribution < -0.4 is 0 Å². The lowest BCUT2D eigenvalue weighted by Gasteiger charge is -2.16. The quantitative estimate of drug-likeness (QED) is 0.183. The highest BCUT2D eigenvalue weighted by molar-refractivity contribution is 6.07. The molecule has 6 rings (SSSR count). The molecule has 0 radical (unpaired) electrons. The minimum absolute atomic E-state index is 1.03. The van der Waals surface area contributed by atoms with Crippen molar-refractivity contribution in [1.29, 1.82) is 0 Å². The maximum atomic E-state index is 4.70. The number of nitrogens with zero attached hydrogens (tertiary/aromatic N) is 3. The molecule has 0 N–H and O–H groups in total. The average molecular weight is 546 g/mol. The zero-order valence-electron chi connectivity index (χ0n) is 24.7. The summed E-state index contributed by atoms with van der Waals surface area (Å²) in [5.74, 6) is 0. The molecule has 0 bridgehead atoms. The first-order chi connectivity index (χ1) is 20.5. The maximum Gasteiger partial charge on any atom is 0.0963 e. The Labute approximate surface area is 248 Å². The largest absolute Gasteiger partial charge is 0.310 e. The second-order valence-corrected chi connectivity index (χ2v) is 10.7. The van der Waals surface area contributed by atoms with E-state index in [1.807, 2.05) is 30.5 Å². The number of fused-ring (bicyclic) bond motifs is 3. The van der Waals surface area contributed by atoms with Crippen molar-refractivity contribution in [3.05, 3.63) is 144 Å². The lowest BCUT2D eigenvalue weighted by molar-refractivity contribution is 1.04. The molecule has 0 aliphatic heterocycles. The van der Waals surface area contributed by atoms with Crippen molar-refractivity contribution < 1.29 is 0 Å². The third-order valence-corrected chi connectivity index (χ3v) is 8.12. The SMILES string of the molecule is C=C/C=C\c1c(C)c(C=C)c(/C=C\C)n1-c1ccc(-c2ccc(-n3c4ccccc4c4ncccc43)cc2C)c(C)c1. The standard InChI is InChI=1S/C39H35N3/c1-7-10-16-35-28(6)31(9-3)36(14-8-2)41(35)29-19-21-32(26(4)24-29)33-22-20-30(25-27(33)5)42-37-17-12-11-15-34(37)39-38(42)18-13-23-40-39/h7-25H,1,3H2,2,4-6H3/b14-8-,16-10-. The fraction of sp³-hybridized carbons (Fsp3) is 0.103. The van der Waals surface area contributed by atoms with Gasteiger partial charge in [0.15, 0.2) is 0 Å². The van der Waals surface area contributed by atoms with Crippen LogP contribution in [0.4, 0.5) is 0 Å². The summed E-state index contributed by atoms with van der Waals surface area (Å²) in [7, 11) is 0. The van der Waals surface area contributed by atoms with Gasteiger partial charge in [0.2, 0.25) is 0 Å². The number of allylic oxidation sites excluding steroid dienone is 3. The first-order valence-corrected chi connectivity index (χ1v) is 14.3. The molecular weight excluding hydrogens is 510 g/mol. The summed E-state index contributed by atoms with van der Waals surface area (Å²) in [4.78, 5) is 4.70. The molecule has 3 heteroatoms. The lowest BCUT2D eigenvalue weighted by atomic mass is 9.95. The van der Waals surface area contributed by atoms with E-state index < -0.39 is 0 Å². The van der Waals surface area contributed by atoms with Crippen LogP contribution in [0.5, 0.6) is 0 Å². The molecule has 0 unspecified atom stereocenters. The van der Waals surface area contributed by atoms with Gasteiger partial charge in [0.05, 0.1) is 22.2 Å². The van der Waals surface area contributed by atoms with Crippen LogP contribution >= 0.6 is 0 Å². The summed E-state index contributed by atoms with van der Waals surface area (Å²) in [6.45, 7) is 16.6. The van der Waals surface area contributed by atoms with Gasteiger partial charge in [0.1, 0.15) is 0 Å². The van der Waals surface area contributed by atoms with Gasteiger partial charge < -0.3 is 9.13 Å². The molecule has 3 aromatic carbocycles. The average Bonchev–Trinajstić information content (AvgIpc) is 3.47. The molecule has 0 fully saturated rings. The molecule has 0 aliphatic rings. The number of aromatic nitrogens is 3. The van der Waals surface area contributed by atoms with E-state index in [1.165, 1.54) is 33.2 Å². The van der Waals surface area contributed by atoms with Gasteiger partial charge in [-0.3, -0.25) is 4.98 Å². The summed E-state index contributed by atoms with van der Waals surface area (Å²) < 4.78 is 4.63. The molecule has 206 valence electrons. The molecule has 0 atom stereocenters. The Morgan fingerprint density at radius 1 is 0.714 bits per heavy atom. The van der Waals surface area contributed by atoms with Crippen LogP contribution in [0.2, 0.25) is 0 Å². The van der Waals surface area contributed by atoms with Gasteiger partial charge in [-0.25, -0.2) is 0 Å². The maximum absolute atomic E-state index is 4.70. The Hall–Kier alpha value is -5.15. The van der Waals surface area contributed by atoms with Crippen LogP contribution in [0.1, 0.15) is 40.6 Å². The van der Waals surface area contributed by atoms with Crippen molar-refractivity contribution in [2.24, 2.45) is 0 Å². The monoisotopic (exact) mass is 545 g/mol. The van der Waals surface area contributed by atoms with E-state index in [9.17, 15) is 0 Å². The Kier molecular flexibility index (Phi) is 7.10. The predicted molar refractivity (Wildman–Crippen MR) is 182 cm³/mol. The van der Waals surface area contributed by atoms with E-state index in [4.69, 9.17) is 4.98 Å². The van der Waals surface area contributed by atoms with Crippen molar-refractivity contribution >= 4 is 40.2 Å². The van der Waals surface area contributed by atoms with Crippen molar-refractivity contribution in [2.45, 2.75) is 27.7 Å². The van der Waals surface area contributed by atoms with Gasteiger partial charge in [-0.1, -0.05) is 67.8 Å². The Morgan fingerprint density at radius 2 is 1.38 bits per heavy atom. The fourth-order valence-corrected chi connectivity index (χ4v) is 6.20. The summed E-state index contributed by atoms with van der Waals surface area (Å²) in [6.07, 6.45) is 14.0. The highest BCUT2D eigenvalue weighted by atomic mass is 15.0. The van der Waals surface area contributed by atoms with E-state index in [2.05, 4.69) is 135 Å². The third-order valence-electron chi connectivity index (χ3n) is 8.12. The molecule has 42 heavy (non-hydrogen) atoms. The zero-order valence-corrected chi connectivity index (χ0v) is 24.7. The fourth-order valence-electron chi connectivity index (χ4n) is 6.20. The second kappa shape index (κ2) is 11.0. The van der Waals surface area contributed by atoms with E-state index >= 15 is 0 Å². The Bertz CT molecular complexity index is 2010. The molecule has 0 saturated carbocycles. The zero-order chi connectivity index (χ0) is 29.4. The molecule has 3 nitrogen and oxygen atoms in total. The highest BCUT2D eigenvalue weighted by Crippen LogP contribution is 2.36. The number of hydrogen-bond donors (Lipinski definition) is 0. The summed E-state index contributed by atoms with van der Waals surface area (Å²) in [6, 6.07) is 26.2. The van der Waals surface area contributed by atoms with E-state index in [0.717, 1.165) is 44.9 Å². The van der Waals surface area contributed by atoms with Crippen LogP contribution in [0.25, 0.3) is 62.7 Å². The van der Waals surface area contributed by atoms with Gasteiger partial charge in [-0.05, 0) is 110 Å². The van der Waals surface area contributed by atoms with Gasteiger partial charge in [0, 0.05) is 34.2 Å². The van der Waals surface area contributed by atoms with Crippen molar-refractivity contribution in [3.63, 3.8) is 0 Å². The van der Waals surface area contributed by atoms with Crippen LogP contribution in [-0.4, -0.2) is 14.1 Å². The minimum Gasteiger partial charge on any atom is -0.310 e. The molecule has 0 saturated heterocycles. The normalized spacial score (nSPS) is 11.8. The number of rotatable bonds is 7. The number of pyridine rings is 1. The van der Waals surface area contributed by atoms with Gasteiger partial charge in [0.25, 0.3) is 0 Å². The highest BCUT2D eigenvalue weighted by Gasteiger charge is 2.18. The Morgan fingerprint density at radius 3 is 2.02 bits per heavy atom. The molecular formula is C39H35N3. The number of aryl methyl sites for hydroxylation is 2. The lowest BCUT2D eigenvalue weighted by Crippen LogP contribution is -2.01. The van der Waals surface area contributed by atoms with E-state index in [-0.39, 0.29) is 0 Å². The molecule has 0 amide bonds. The number of para-hydroxylation sites is 1. The minimum atomic E-state index is 1.03. The van der Waals surface area contributed by atoms with E-state index in [0.29, 0.717) is 0 Å². The molecule has 3 aromatic heterocycles. The molecule has 0 spiro atoms. The van der Waals surface area contributed by atoms with Crippen LogP contribution in [0.15, 0.2) is 110 Å². The van der Waals surface area contributed by atoms with Gasteiger partial charge in [-0.2, -0.15) is 0 Å². The summed E-state index contributed by atoms with van der Waals surface area (Å²) in [5, 5.41) is 1.17. The number of benzene rings is 3. The van der Waals surface area contributed by atoms with E-state index in [1.54, 1.807) is 0 Å². The van der Waals surface area contributed by atoms with Crippen molar-refractivity contribution in [1.82, 2.24) is 14.1 Å². The van der Waals surface area contributed by atoms with Crippen LogP contribution in [-0.2, 0) is 0 Å². The first kappa shape index (κ1) is 27.0. The van der Waals surface area contributed by atoms with Crippen LogP contribution in [0.3, 0.4) is 0 Å². The third kappa shape index (κ3) is 4.35. The number of hydrogen-bond acceptors (Lipinski definition) is 1. The first-order valence-electron chi connectivity index (χ1n) is 14.3. The Balaban J connectivity index is 1.46. The topological polar surface area (TPSA) is 22.8 Å². The predicted octanol–water partition coefficient (Wildman–Crippen LogP) is 10.4. The molecule has 6 aromatic rings. The second-order valence-electron chi connectivity index (χ2n) is 10.7. The molecule has 0 aliphatic carbocycles. The summed E-state index contributed by atoms with van der Waals surface area (Å²) in [5.41, 5.74) is 15.1. The van der Waals surface area contributed by atoms with Crippen molar-refractivity contribution in [2.75, 3.05) is 0 Å². The van der Waals surface area contributed by atoms with Crippen LogP contribution in [0, 0.1) is 20.8 Å². The van der Waals surface area contributed by atoms with Gasteiger partial charge in [-0.15, -0.1) is 0 Å². The van der Waals surface area contributed by atoms with Crippen molar-refractivity contribution in [3.8, 4) is 22.5 Å². The molecule has 3 heterocycles.